The van der Waals surface area contributed by atoms with Crippen molar-refractivity contribution in [1.82, 2.24) is 9.78 Å². The average molecular weight is 510 g/mol. The van der Waals surface area contributed by atoms with E-state index in [-0.39, 0.29) is 5.91 Å². The molecule has 0 atom stereocenters. The number of hydrogen-bond acceptors (Lipinski definition) is 4. The molecule has 0 radical (unpaired) electrons. The van der Waals surface area contributed by atoms with Crippen LogP contribution in [0.25, 0.3) is 0 Å². The van der Waals surface area contributed by atoms with Gasteiger partial charge in [-0.15, -0.1) is 11.3 Å². The number of aryl methyl sites for hydroxylation is 3. The molecule has 1 amide bonds. The Kier molecular flexibility index (Phi) is 6.77. The molecule has 0 aliphatic carbocycles. The molecule has 0 aliphatic rings. The quantitative estimate of drug-likeness (QED) is 0.308. The van der Waals surface area contributed by atoms with Crippen LogP contribution in [0.5, 0.6) is 5.75 Å². The number of nitrogens with zero attached hydrogens (tertiary/aromatic N) is 2. The van der Waals surface area contributed by atoms with Crippen LogP contribution in [0.2, 0.25) is 0 Å². The lowest BCUT2D eigenvalue weighted by Gasteiger charge is -2.07. The Morgan fingerprint density at radius 1 is 1.06 bits per heavy atom. The predicted octanol–water partition coefficient (Wildman–Crippen LogP) is 6.51. The summed E-state index contributed by atoms with van der Waals surface area (Å²) in [6.07, 6.45) is 1.87. The molecule has 0 bridgehead atoms. The van der Waals surface area contributed by atoms with E-state index in [0.29, 0.717) is 23.8 Å². The zero-order valence-electron chi connectivity index (χ0n) is 18.2. The first-order chi connectivity index (χ1) is 15.4. The molecule has 164 valence electrons. The molecule has 4 aromatic rings. The molecule has 2 aromatic carbocycles. The number of anilines is 1. The van der Waals surface area contributed by atoms with E-state index >= 15 is 0 Å². The van der Waals surface area contributed by atoms with Gasteiger partial charge < -0.3 is 10.1 Å². The van der Waals surface area contributed by atoms with Crippen molar-refractivity contribution in [2.45, 2.75) is 33.9 Å². The molecule has 2 aromatic heterocycles. The van der Waals surface area contributed by atoms with Crippen molar-refractivity contribution in [2.75, 3.05) is 5.32 Å². The largest absolute Gasteiger partial charge is 0.489 e. The van der Waals surface area contributed by atoms with Gasteiger partial charge in [0.15, 0.2) is 5.82 Å². The highest BCUT2D eigenvalue weighted by Crippen LogP contribution is 2.24. The van der Waals surface area contributed by atoms with E-state index in [4.69, 9.17) is 4.74 Å². The van der Waals surface area contributed by atoms with Crippen molar-refractivity contribution in [2.24, 2.45) is 0 Å². The molecule has 4 rings (SSSR count). The number of halogens is 1. The normalized spacial score (nSPS) is 10.9. The SMILES string of the molecule is Cc1cccc(Cn2cc(Br)c(NC(=O)c3cc(COc4cc(C)cc(C)c4)cs3)n2)c1. The van der Waals surface area contributed by atoms with Gasteiger partial charge in [0.25, 0.3) is 5.91 Å². The van der Waals surface area contributed by atoms with Gasteiger partial charge in [0.1, 0.15) is 12.4 Å². The molecule has 0 aliphatic heterocycles. The summed E-state index contributed by atoms with van der Waals surface area (Å²) in [5, 5.41) is 9.36. The number of carbonyl (C=O) groups excluding carboxylic acids is 1. The van der Waals surface area contributed by atoms with Crippen molar-refractivity contribution in [3.63, 3.8) is 0 Å². The predicted molar refractivity (Wildman–Crippen MR) is 133 cm³/mol. The number of benzene rings is 2. The Bertz CT molecular complexity index is 1240. The van der Waals surface area contributed by atoms with Crippen LogP contribution >= 0.6 is 27.3 Å². The fraction of sp³-hybridized carbons (Fsp3) is 0.200. The number of thiophene rings is 1. The van der Waals surface area contributed by atoms with E-state index in [1.807, 2.05) is 54.4 Å². The number of carbonyl (C=O) groups is 1. The second kappa shape index (κ2) is 9.71. The van der Waals surface area contributed by atoms with Gasteiger partial charge in [0, 0.05) is 11.8 Å². The highest BCUT2D eigenvalue weighted by molar-refractivity contribution is 9.10. The van der Waals surface area contributed by atoms with Gasteiger partial charge in [-0.25, -0.2) is 0 Å². The Hall–Kier alpha value is -2.90. The molecule has 0 unspecified atom stereocenters. The third-order valence-electron chi connectivity index (χ3n) is 4.85. The summed E-state index contributed by atoms with van der Waals surface area (Å²) in [5.74, 6) is 1.15. The minimum Gasteiger partial charge on any atom is -0.489 e. The van der Waals surface area contributed by atoms with Crippen LogP contribution in [0, 0.1) is 20.8 Å². The van der Waals surface area contributed by atoms with Gasteiger partial charge in [-0.3, -0.25) is 9.48 Å². The monoisotopic (exact) mass is 509 g/mol. The number of ether oxygens (including phenoxy) is 1. The van der Waals surface area contributed by atoms with Gasteiger partial charge in [0.05, 0.1) is 15.9 Å². The van der Waals surface area contributed by atoms with E-state index < -0.39 is 0 Å². The summed E-state index contributed by atoms with van der Waals surface area (Å²) >= 11 is 4.89. The second-order valence-electron chi connectivity index (χ2n) is 7.90. The first-order valence-electron chi connectivity index (χ1n) is 10.2. The second-order valence-corrected chi connectivity index (χ2v) is 9.66. The maximum atomic E-state index is 12.7. The highest BCUT2D eigenvalue weighted by atomic mass is 79.9. The zero-order valence-corrected chi connectivity index (χ0v) is 20.6. The molecule has 0 saturated carbocycles. The number of rotatable bonds is 7. The zero-order chi connectivity index (χ0) is 22.7. The third kappa shape index (κ3) is 5.66. The lowest BCUT2D eigenvalue weighted by Crippen LogP contribution is -2.11. The summed E-state index contributed by atoms with van der Waals surface area (Å²) < 4.78 is 8.46. The molecule has 0 saturated heterocycles. The van der Waals surface area contributed by atoms with Crippen LogP contribution in [0.3, 0.4) is 0 Å². The fourth-order valence-electron chi connectivity index (χ4n) is 3.48. The molecule has 5 nitrogen and oxygen atoms in total. The van der Waals surface area contributed by atoms with E-state index in [2.05, 4.69) is 57.5 Å². The number of nitrogens with one attached hydrogen (secondary N) is 1. The van der Waals surface area contributed by atoms with Crippen LogP contribution in [0.1, 0.15) is 37.5 Å². The summed E-state index contributed by atoms with van der Waals surface area (Å²) in [4.78, 5) is 13.4. The van der Waals surface area contributed by atoms with Gasteiger partial charge in [-0.1, -0.05) is 35.9 Å². The van der Waals surface area contributed by atoms with E-state index in [1.54, 1.807) is 0 Å². The Labute approximate surface area is 200 Å². The molecule has 0 fully saturated rings. The molecule has 7 heteroatoms. The minimum atomic E-state index is -0.186. The standard InChI is InChI=1S/C25H24BrN3O2S/c1-16-5-4-6-19(8-16)12-29-13-22(26)24(28-29)27-25(30)23-11-20(15-32-23)14-31-21-9-17(2)7-18(3)10-21/h4-11,13,15H,12,14H2,1-3H3,(H,27,28,30). The van der Waals surface area contributed by atoms with Crippen molar-refractivity contribution < 1.29 is 9.53 Å². The maximum absolute atomic E-state index is 12.7. The molecule has 2 heterocycles. The number of aromatic nitrogens is 2. The van der Waals surface area contributed by atoms with Crippen LogP contribution in [0.4, 0.5) is 5.82 Å². The number of amides is 1. The first kappa shape index (κ1) is 22.3. The number of hydrogen-bond donors (Lipinski definition) is 1. The first-order valence-corrected chi connectivity index (χ1v) is 11.9. The molecule has 0 spiro atoms. The topological polar surface area (TPSA) is 56.2 Å². The van der Waals surface area contributed by atoms with Crippen LogP contribution < -0.4 is 10.1 Å². The van der Waals surface area contributed by atoms with Crippen LogP contribution in [-0.2, 0) is 13.2 Å². The lowest BCUT2D eigenvalue weighted by atomic mass is 10.1. The van der Waals surface area contributed by atoms with Crippen molar-refractivity contribution >= 4 is 39.0 Å². The summed E-state index contributed by atoms with van der Waals surface area (Å²) in [6, 6.07) is 16.3. The fourth-order valence-corrected chi connectivity index (χ4v) is 4.69. The Balaban J connectivity index is 1.38. The van der Waals surface area contributed by atoms with E-state index in [0.717, 1.165) is 32.5 Å². The average Bonchev–Trinajstić information content (AvgIpc) is 3.33. The Morgan fingerprint density at radius 2 is 1.84 bits per heavy atom. The molecule has 32 heavy (non-hydrogen) atoms. The van der Waals surface area contributed by atoms with Crippen LogP contribution in [0.15, 0.2) is 64.6 Å². The van der Waals surface area contributed by atoms with E-state index in [1.165, 1.54) is 16.9 Å². The van der Waals surface area contributed by atoms with Gasteiger partial charge >= 0.3 is 0 Å². The smallest absolute Gasteiger partial charge is 0.266 e. The highest BCUT2D eigenvalue weighted by Gasteiger charge is 2.14. The summed E-state index contributed by atoms with van der Waals surface area (Å²) in [5.41, 5.74) is 5.65. The molecule has 1 N–H and O–H groups in total. The Morgan fingerprint density at radius 3 is 2.59 bits per heavy atom. The lowest BCUT2D eigenvalue weighted by molar-refractivity contribution is 0.103. The third-order valence-corrected chi connectivity index (χ3v) is 6.41. The maximum Gasteiger partial charge on any atom is 0.266 e. The van der Waals surface area contributed by atoms with Crippen molar-refractivity contribution in [3.8, 4) is 5.75 Å². The van der Waals surface area contributed by atoms with Gasteiger partial charge in [-0.2, -0.15) is 5.10 Å². The van der Waals surface area contributed by atoms with Crippen molar-refractivity contribution in [1.29, 1.82) is 0 Å². The minimum absolute atomic E-state index is 0.186. The summed E-state index contributed by atoms with van der Waals surface area (Å²) in [6.45, 7) is 7.22. The van der Waals surface area contributed by atoms with Crippen molar-refractivity contribution in [3.05, 3.63) is 97.3 Å². The van der Waals surface area contributed by atoms with Gasteiger partial charge in [-0.05, 0) is 77.0 Å². The molecular formula is C25H24BrN3O2S. The van der Waals surface area contributed by atoms with E-state index in [9.17, 15) is 4.79 Å². The summed E-state index contributed by atoms with van der Waals surface area (Å²) in [7, 11) is 0. The van der Waals surface area contributed by atoms with Gasteiger partial charge in [0.2, 0.25) is 0 Å². The molecular weight excluding hydrogens is 486 g/mol. The van der Waals surface area contributed by atoms with Crippen LogP contribution in [-0.4, -0.2) is 15.7 Å².